The fourth-order valence-electron chi connectivity index (χ4n) is 2.50. The van der Waals surface area contributed by atoms with E-state index in [1.54, 1.807) is 0 Å². The van der Waals surface area contributed by atoms with Crippen LogP contribution in [0.2, 0.25) is 5.02 Å². The maximum Gasteiger partial charge on any atom is 0.418 e. The van der Waals surface area contributed by atoms with Gasteiger partial charge in [0.05, 0.1) is 15.5 Å². The van der Waals surface area contributed by atoms with Crippen LogP contribution in [0.5, 0.6) is 0 Å². The van der Waals surface area contributed by atoms with Gasteiger partial charge in [0.15, 0.2) is 0 Å². The molecule has 1 atom stereocenters. The van der Waals surface area contributed by atoms with E-state index < -0.39 is 39.3 Å². The average Bonchev–Trinajstić information content (AvgIpc) is 2.85. The molecule has 1 aliphatic rings. The molecule has 1 heterocycles. The van der Waals surface area contributed by atoms with E-state index >= 15 is 0 Å². The Kier molecular flexibility index (Phi) is 4.19. The van der Waals surface area contributed by atoms with Gasteiger partial charge in [0.25, 0.3) is 5.69 Å². The van der Waals surface area contributed by atoms with Crippen LogP contribution in [0.25, 0.3) is 0 Å². The van der Waals surface area contributed by atoms with Crippen molar-refractivity contribution in [2.45, 2.75) is 25.1 Å². The molecule has 10 heteroatoms. The van der Waals surface area contributed by atoms with E-state index in [-0.39, 0.29) is 12.2 Å². The van der Waals surface area contributed by atoms with Crippen molar-refractivity contribution >= 4 is 28.9 Å². The summed E-state index contributed by atoms with van der Waals surface area (Å²) in [4.78, 5) is 22.9. The number of amides is 1. The van der Waals surface area contributed by atoms with Gasteiger partial charge in [-0.15, -0.1) is 0 Å². The minimum absolute atomic E-state index is 0.135. The molecule has 22 heavy (non-hydrogen) atoms. The molecular formula is C12H11ClF3N3O3. The topological polar surface area (TPSA) is 89.5 Å². The van der Waals surface area contributed by atoms with Gasteiger partial charge in [-0.1, -0.05) is 11.6 Å². The Morgan fingerprint density at radius 3 is 2.59 bits per heavy atom. The van der Waals surface area contributed by atoms with E-state index in [1.165, 1.54) is 4.90 Å². The summed E-state index contributed by atoms with van der Waals surface area (Å²) < 4.78 is 38.4. The van der Waals surface area contributed by atoms with Gasteiger partial charge in [0.2, 0.25) is 5.91 Å². The fraction of sp³-hybridized carbons (Fsp3) is 0.417. The minimum atomic E-state index is -4.81. The zero-order chi connectivity index (χ0) is 16.7. The molecule has 0 aromatic heterocycles. The van der Waals surface area contributed by atoms with Crippen molar-refractivity contribution in [3.8, 4) is 0 Å². The van der Waals surface area contributed by atoms with Crippen LogP contribution >= 0.6 is 11.6 Å². The van der Waals surface area contributed by atoms with Crippen LogP contribution in [0, 0.1) is 10.1 Å². The lowest BCUT2D eigenvalue weighted by molar-refractivity contribution is -0.384. The Hall–Kier alpha value is -2.03. The summed E-state index contributed by atoms with van der Waals surface area (Å²) in [5.74, 6) is -0.692. The Morgan fingerprint density at radius 1 is 1.45 bits per heavy atom. The molecule has 1 fully saturated rings. The summed E-state index contributed by atoms with van der Waals surface area (Å²) in [5, 5.41) is 10.4. The Bertz CT molecular complexity index is 636. The quantitative estimate of drug-likeness (QED) is 0.678. The first-order valence-electron chi connectivity index (χ1n) is 6.24. The van der Waals surface area contributed by atoms with Crippen LogP contribution in [0.3, 0.4) is 0 Å². The van der Waals surface area contributed by atoms with Crippen LogP contribution < -0.4 is 10.6 Å². The molecule has 1 aliphatic heterocycles. The summed E-state index contributed by atoms with van der Waals surface area (Å²) in [6, 6.07) is 0.448. The number of benzene rings is 1. The predicted molar refractivity (Wildman–Crippen MR) is 72.7 cm³/mol. The van der Waals surface area contributed by atoms with Gasteiger partial charge in [0.1, 0.15) is 11.7 Å². The molecule has 0 radical (unpaired) electrons. The zero-order valence-corrected chi connectivity index (χ0v) is 11.8. The van der Waals surface area contributed by atoms with E-state index in [0.717, 1.165) is 6.07 Å². The summed E-state index contributed by atoms with van der Waals surface area (Å²) in [6.07, 6.45) is -3.89. The molecule has 0 bridgehead atoms. The third-order valence-corrected chi connectivity index (χ3v) is 3.77. The highest BCUT2D eigenvalue weighted by Crippen LogP contribution is 2.42. The lowest BCUT2D eigenvalue weighted by Gasteiger charge is -2.25. The van der Waals surface area contributed by atoms with Crippen molar-refractivity contribution in [1.82, 2.24) is 0 Å². The number of nitro benzene ring substituents is 1. The number of hydrogen-bond acceptors (Lipinski definition) is 4. The number of nitrogens with two attached hydrogens (primary N) is 1. The van der Waals surface area contributed by atoms with Crippen molar-refractivity contribution in [2.75, 3.05) is 11.4 Å². The SMILES string of the molecule is NC(=O)C1CCCN1c1cc(Cl)c(C(F)(F)F)cc1[N+](=O)[O-]. The van der Waals surface area contributed by atoms with Gasteiger partial charge in [-0.3, -0.25) is 14.9 Å². The number of primary amides is 1. The summed E-state index contributed by atoms with van der Waals surface area (Å²) in [6.45, 7) is 0.274. The molecular weight excluding hydrogens is 327 g/mol. The lowest BCUT2D eigenvalue weighted by Crippen LogP contribution is -2.40. The highest BCUT2D eigenvalue weighted by atomic mass is 35.5. The molecule has 120 valence electrons. The van der Waals surface area contributed by atoms with Crippen molar-refractivity contribution in [1.29, 1.82) is 0 Å². The van der Waals surface area contributed by atoms with E-state index in [0.29, 0.717) is 18.9 Å². The molecule has 1 unspecified atom stereocenters. The number of rotatable bonds is 3. The van der Waals surface area contributed by atoms with E-state index in [1.807, 2.05) is 0 Å². The second-order valence-corrected chi connectivity index (χ2v) is 5.24. The third-order valence-electron chi connectivity index (χ3n) is 3.46. The normalized spacial score (nSPS) is 18.5. The molecule has 1 aromatic carbocycles. The third kappa shape index (κ3) is 2.94. The Balaban J connectivity index is 2.59. The first-order chi connectivity index (χ1) is 10.1. The van der Waals surface area contributed by atoms with Crippen LogP contribution in [-0.4, -0.2) is 23.4 Å². The largest absolute Gasteiger partial charge is 0.418 e. The molecule has 2 N–H and O–H groups in total. The number of nitro groups is 1. The molecule has 0 spiro atoms. The fourth-order valence-corrected chi connectivity index (χ4v) is 2.76. The molecule has 2 rings (SSSR count). The van der Waals surface area contributed by atoms with Crippen LogP contribution in [0.4, 0.5) is 24.5 Å². The van der Waals surface area contributed by atoms with Gasteiger partial charge < -0.3 is 10.6 Å². The monoisotopic (exact) mass is 337 g/mol. The van der Waals surface area contributed by atoms with Gasteiger partial charge in [0, 0.05) is 12.6 Å². The second-order valence-electron chi connectivity index (χ2n) is 4.83. The summed E-state index contributed by atoms with van der Waals surface area (Å²) in [5.41, 5.74) is 3.04. The summed E-state index contributed by atoms with van der Waals surface area (Å²) >= 11 is 5.61. The van der Waals surface area contributed by atoms with Gasteiger partial charge in [-0.2, -0.15) is 13.2 Å². The second kappa shape index (κ2) is 5.64. The molecule has 0 aliphatic carbocycles. The van der Waals surface area contributed by atoms with Crippen LogP contribution in [-0.2, 0) is 11.0 Å². The highest BCUT2D eigenvalue weighted by molar-refractivity contribution is 6.32. The van der Waals surface area contributed by atoms with Crippen LogP contribution in [0.15, 0.2) is 12.1 Å². The first-order valence-corrected chi connectivity index (χ1v) is 6.62. The average molecular weight is 338 g/mol. The Morgan fingerprint density at radius 2 is 2.09 bits per heavy atom. The van der Waals surface area contributed by atoms with Crippen molar-refractivity contribution in [3.63, 3.8) is 0 Å². The van der Waals surface area contributed by atoms with Gasteiger partial charge in [-0.05, 0) is 18.9 Å². The van der Waals surface area contributed by atoms with E-state index in [9.17, 15) is 28.1 Å². The van der Waals surface area contributed by atoms with Gasteiger partial charge >= 0.3 is 6.18 Å². The minimum Gasteiger partial charge on any atom is -0.368 e. The number of halogens is 4. The number of hydrogen-bond donors (Lipinski definition) is 1. The molecule has 6 nitrogen and oxygen atoms in total. The molecule has 1 aromatic rings. The lowest BCUT2D eigenvalue weighted by atomic mass is 10.1. The van der Waals surface area contributed by atoms with E-state index in [4.69, 9.17) is 17.3 Å². The maximum atomic E-state index is 12.8. The van der Waals surface area contributed by atoms with E-state index in [2.05, 4.69) is 0 Å². The van der Waals surface area contributed by atoms with Crippen molar-refractivity contribution in [3.05, 3.63) is 32.8 Å². The maximum absolute atomic E-state index is 12.8. The number of carbonyl (C=O) groups excluding carboxylic acids is 1. The molecule has 0 saturated carbocycles. The molecule has 1 amide bonds. The standard InChI is InChI=1S/C12H11ClF3N3O3/c13-7-5-9(18-3-1-2-8(18)11(17)20)10(19(21)22)4-6(7)12(14,15)16/h4-5,8H,1-3H2,(H2,17,20). The zero-order valence-electron chi connectivity index (χ0n) is 11.1. The molecule has 1 saturated heterocycles. The number of carbonyl (C=O) groups is 1. The van der Waals surface area contributed by atoms with Crippen molar-refractivity contribution < 1.29 is 22.9 Å². The highest BCUT2D eigenvalue weighted by Gasteiger charge is 2.39. The first kappa shape index (κ1) is 16.3. The van der Waals surface area contributed by atoms with Crippen molar-refractivity contribution in [2.24, 2.45) is 5.73 Å². The summed E-state index contributed by atoms with van der Waals surface area (Å²) in [7, 11) is 0. The van der Waals surface area contributed by atoms with Crippen LogP contribution in [0.1, 0.15) is 18.4 Å². The number of anilines is 1. The smallest absolute Gasteiger partial charge is 0.368 e. The van der Waals surface area contributed by atoms with Gasteiger partial charge in [-0.25, -0.2) is 0 Å². The number of alkyl halides is 3. The Labute approximate surface area is 127 Å². The number of nitrogens with zero attached hydrogens (tertiary/aromatic N) is 2. The predicted octanol–water partition coefficient (Wildman–Crippen LogP) is 2.72.